The van der Waals surface area contributed by atoms with Gasteiger partial charge in [0.1, 0.15) is 5.82 Å². The molecule has 0 aliphatic heterocycles. The second-order valence-corrected chi connectivity index (χ2v) is 5.28. The molecule has 6 heteroatoms. The predicted molar refractivity (Wildman–Crippen MR) is 70.2 cm³/mol. The third-order valence-electron chi connectivity index (χ3n) is 2.30. The normalized spacial score (nSPS) is 10.1. The van der Waals surface area contributed by atoms with Crippen molar-refractivity contribution in [3.8, 4) is 6.07 Å². The van der Waals surface area contributed by atoms with Crippen LogP contribution in [0.1, 0.15) is 10.4 Å². The van der Waals surface area contributed by atoms with Crippen LogP contribution in [0.4, 0.5) is 10.1 Å². The van der Waals surface area contributed by atoms with Crippen molar-refractivity contribution in [2.75, 3.05) is 5.32 Å². The number of anilines is 1. The van der Waals surface area contributed by atoms with Crippen LogP contribution < -0.4 is 5.32 Å². The number of nitrogens with zero attached hydrogens (tertiary/aromatic N) is 2. The van der Waals surface area contributed by atoms with E-state index in [-0.39, 0.29) is 12.2 Å². The first kappa shape index (κ1) is 12.8. The van der Waals surface area contributed by atoms with Crippen molar-refractivity contribution in [2.45, 2.75) is 13.0 Å². The smallest absolute Gasteiger partial charge is 0.183 e. The average molecular weight is 282 g/mol. The van der Waals surface area contributed by atoms with Crippen LogP contribution in [0.5, 0.6) is 0 Å². The summed E-state index contributed by atoms with van der Waals surface area (Å²) < 4.78 is 14.1. The molecule has 2 rings (SSSR count). The number of hydrogen-bond donors (Lipinski definition) is 1. The average Bonchev–Trinajstić information content (AvgIpc) is 2.74. The van der Waals surface area contributed by atoms with E-state index in [0.29, 0.717) is 22.3 Å². The van der Waals surface area contributed by atoms with Crippen molar-refractivity contribution in [3.63, 3.8) is 0 Å². The van der Waals surface area contributed by atoms with Crippen molar-refractivity contribution >= 4 is 28.6 Å². The fourth-order valence-electron chi connectivity index (χ4n) is 1.45. The molecule has 1 aromatic carbocycles. The summed E-state index contributed by atoms with van der Waals surface area (Å²) >= 11 is 7.05. The summed E-state index contributed by atoms with van der Waals surface area (Å²) in [5.74, 6) is -0.363. The molecule has 0 aliphatic rings. The van der Waals surface area contributed by atoms with Gasteiger partial charge in [-0.25, -0.2) is 9.37 Å². The zero-order valence-corrected chi connectivity index (χ0v) is 10.9. The van der Waals surface area contributed by atoms with Gasteiger partial charge >= 0.3 is 0 Å². The molecule has 18 heavy (non-hydrogen) atoms. The number of nitrogens with one attached hydrogen (secondary N) is 1. The summed E-state index contributed by atoms with van der Waals surface area (Å²) in [6, 6.07) is 6.71. The highest BCUT2D eigenvalue weighted by Gasteiger charge is 2.05. The van der Waals surface area contributed by atoms with Crippen LogP contribution in [0.2, 0.25) is 4.47 Å². The van der Waals surface area contributed by atoms with E-state index in [9.17, 15) is 4.39 Å². The minimum atomic E-state index is -0.363. The van der Waals surface area contributed by atoms with Crippen molar-refractivity contribution in [1.82, 2.24) is 4.98 Å². The highest BCUT2D eigenvalue weighted by atomic mass is 35.5. The number of hydrogen-bond acceptors (Lipinski definition) is 4. The molecule has 0 radical (unpaired) electrons. The second-order valence-electron chi connectivity index (χ2n) is 3.58. The number of rotatable bonds is 4. The fourth-order valence-corrected chi connectivity index (χ4v) is 2.37. The lowest BCUT2D eigenvalue weighted by molar-refractivity contribution is 0.628. The van der Waals surface area contributed by atoms with Gasteiger partial charge in [0, 0.05) is 11.1 Å². The predicted octanol–water partition coefficient (Wildman–Crippen LogP) is 3.61. The lowest BCUT2D eigenvalue weighted by Gasteiger charge is -2.06. The van der Waals surface area contributed by atoms with Crippen LogP contribution in [0, 0.1) is 17.1 Å². The third-order valence-corrected chi connectivity index (χ3v) is 3.41. The van der Waals surface area contributed by atoms with E-state index >= 15 is 0 Å². The van der Waals surface area contributed by atoms with E-state index in [2.05, 4.69) is 10.3 Å². The molecule has 0 aliphatic carbocycles. The number of halogens is 2. The maximum atomic E-state index is 13.7. The summed E-state index contributed by atoms with van der Waals surface area (Å²) in [6.07, 6.45) is 1.86. The topological polar surface area (TPSA) is 48.7 Å². The molecule has 0 atom stereocenters. The Balaban J connectivity index is 2.03. The molecule has 1 heterocycles. The van der Waals surface area contributed by atoms with Crippen LogP contribution in [-0.2, 0) is 13.0 Å². The highest BCUT2D eigenvalue weighted by molar-refractivity contribution is 7.15. The number of benzene rings is 1. The zero-order chi connectivity index (χ0) is 13.0. The van der Waals surface area contributed by atoms with Crippen LogP contribution in [-0.4, -0.2) is 4.98 Å². The monoisotopic (exact) mass is 281 g/mol. The standard InChI is InChI=1S/C12H9ClFN3S/c13-12-17-7-9(18-12)6-16-11-2-1-8(3-4-15)5-10(11)14/h1-2,5,7,16H,3,6H2. The summed E-state index contributed by atoms with van der Waals surface area (Å²) in [5.41, 5.74) is 1.07. The van der Waals surface area contributed by atoms with Gasteiger partial charge in [-0.3, -0.25) is 0 Å². The quantitative estimate of drug-likeness (QED) is 0.931. The van der Waals surface area contributed by atoms with Crippen molar-refractivity contribution in [3.05, 3.63) is 45.1 Å². The molecule has 0 bridgehead atoms. The van der Waals surface area contributed by atoms with Gasteiger partial charge in [-0.1, -0.05) is 17.7 Å². The Morgan fingerprint density at radius 3 is 2.94 bits per heavy atom. The van der Waals surface area contributed by atoms with Crippen LogP contribution in [0.15, 0.2) is 24.4 Å². The van der Waals surface area contributed by atoms with E-state index in [0.717, 1.165) is 4.88 Å². The first-order valence-electron chi connectivity index (χ1n) is 5.18. The summed E-state index contributed by atoms with van der Waals surface area (Å²) in [7, 11) is 0. The number of aromatic nitrogens is 1. The fraction of sp³-hybridized carbons (Fsp3) is 0.167. The number of nitriles is 1. The lowest BCUT2D eigenvalue weighted by atomic mass is 10.1. The summed E-state index contributed by atoms with van der Waals surface area (Å²) in [5, 5.41) is 11.5. The number of thiazole rings is 1. The van der Waals surface area contributed by atoms with Gasteiger partial charge in [0.05, 0.1) is 24.7 Å². The maximum Gasteiger partial charge on any atom is 0.183 e. The molecular formula is C12H9ClFN3S. The van der Waals surface area contributed by atoms with Gasteiger partial charge in [-0.15, -0.1) is 11.3 Å². The van der Waals surface area contributed by atoms with E-state index in [4.69, 9.17) is 16.9 Å². The molecular weight excluding hydrogens is 273 g/mol. The third kappa shape index (κ3) is 3.19. The Morgan fingerprint density at radius 2 is 2.33 bits per heavy atom. The van der Waals surface area contributed by atoms with E-state index < -0.39 is 0 Å². The Labute approximate surface area is 113 Å². The molecule has 1 aromatic heterocycles. The summed E-state index contributed by atoms with van der Waals surface area (Å²) in [6.45, 7) is 0.471. The Morgan fingerprint density at radius 1 is 1.50 bits per heavy atom. The van der Waals surface area contributed by atoms with E-state index in [1.54, 1.807) is 18.3 Å². The second kappa shape index (κ2) is 5.80. The molecule has 2 aromatic rings. The zero-order valence-electron chi connectivity index (χ0n) is 9.28. The van der Waals surface area contributed by atoms with Crippen molar-refractivity contribution < 1.29 is 4.39 Å². The minimum Gasteiger partial charge on any atom is -0.378 e. The molecule has 0 spiro atoms. The Bertz CT molecular complexity index is 591. The molecule has 0 unspecified atom stereocenters. The van der Waals surface area contributed by atoms with Gasteiger partial charge < -0.3 is 5.32 Å². The van der Waals surface area contributed by atoms with E-state index in [1.165, 1.54) is 17.4 Å². The van der Waals surface area contributed by atoms with Gasteiger partial charge in [-0.2, -0.15) is 5.26 Å². The maximum absolute atomic E-state index is 13.7. The lowest BCUT2D eigenvalue weighted by Crippen LogP contribution is -2.00. The largest absolute Gasteiger partial charge is 0.378 e. The molecule has 0 fully saturated rings. The van der Waals surface area contributed by atoms with Crippen LogP contribution in [0.25, 0.3) is 0 Å². The molecule has 0 saturated carbocycles. The molecule has 3 nitrogen and oxygen atoms in total. The highest BCUT2D eigenvalue weighted by Crippen LogP contribution is 2.21. The Kier molecular flexibility index (Phi) is 4.13. The van der Waals surface area contributed by atoms with Gasteiger partial charge in [-0.05, 0) is 17.7 Å². The molecule has 0 saturated heterocycles. The van der Waals surface area contributed by atoms with Crippen molar-refractivity contribution in [1.29, 1.82) is 5.26 Å². The van der Waals surface area contributed by atoms with Crippen LogP contribution >= 0.6 is 22.9 Å². The first-order valence-corrected chi connectivity index (χ1v) is 6.38. The first-order chi connectivity index (χ1) is 8.69. The van der Waals surface area contributed by atoms with Gasteiger partial charge in [0.2, 0.25) is 0 Å². The summed E-state index contributed by atoms with van der Waals surface area (Å²) in [4.78, 5) is 4.83. The SMILES string of the molecule is N#CCc1ccc(NCc2cnc(Cl)s2)c(F)c1. The minimum absolute atomic E-state index is 0.210. The van der Waals surface area contributed by atoms with Crippen LogP contribution in [0.3, 0.4) is 0 Å². The van der Waals surface area contributed by atoms with Crippen molar-refractivity contribution in [2.24, 2.45) is 0 Å². The van der Waals surface area contributed by atoms with E-state index in [1.807, 2.05) is 6.07 Å². The Hall–Kier alpha value is -1.64. The van der Waals surface area contributed by atoms with Gasteiger partial charge in [0.15, 0.2) is 4.47 Å². The molecule has 1 N–H and O–H groups in total. The molecule has 92 valence electrons. The van der Waals surface area contributed by atoms with Gasteiger partial charge in [0.25, 0.3) is 0 Å². The molecule has 0 amide bonds.